The lowest BCUT2D eigenvalue weighted by Crippen LogP contribution is -2.47. The van der Waals surface area contributed by atoms with Crippen LogP contribution in [0.25, 0.3) is 0 Å². The van der Waals surface area contributed by atoms with Gasteiger partial charge in [0.15, 0.2) is 0 Å². The predicted molar refractivity (Wildman–Crippen MR) is 69.1 cm³/mol. The van der Waals surface area contributed by atoms with Crippen LogP contribution in [0.2, 0.25) is 0 Å². The fraction of sp³-hybridized carbons (Fsp3) is 1.00. The first-order valence-corrected chi connectivity index (χ1v) is 7.25. The van der Waals surface area contributed by atoms with Crippen molar-refractivity contribution in [2.75, 3.05) is 26.4 Å². The standard InChI is InChI=1S/C14H27NO2/c1-3-7-15-14(12-5-4-8-16-10-12)13-6-9-17-11(13)2/h11-15H,3-10H2,1-2H3. The molecule has 0 aromatic heterocycles. The monoisotopic (exact) mass is 241 g/mol. The first-order chi connectivity index (χ1) is 8.33. The van der Waals surface area contributed by atoms with Gasteiger partial charge in [-0.3, -0.25) is 0 Å². The maximum absolute atomic E-state index is 5.74. The Morgan fingerprint density at radius 3 is 2.76 bits per heavy atom. The summed E-state index contributed by atoms with van der Waals surface area (Å²) in [6.45, 7) is 8.39. The quantitative estimate of drug-likeness (QED) is 0.800. The average Bonchev–Trinajstić information content (AvgIpc) is 2.78. The molecule has 0 aliphatic carbocycles. The van der Waals surface area contributed by atoms with Crippen LogP contribution in [0.1, 0.15) is 39.5 Å². The normalized spacial score (nSPS) is 36.0. The first kappa shape index (κ1) is 13.3. The minimum Gasteiger partial charge on any atom is -0.381 e. The van der Waals surface area contributed by atoms with E-state index in [9.17, 15) is 0 Å². The van der Waals surface area contributed by atoms with E-state index in [4.69, 9.17) is 9.47 Å². The Hall–Kier alpha value is -0.120. The molecule has 2 rings (SSSR count). The Morgan fingerprint density at radius 2 is 2.18 bits per heavy atom. The molecule has 3 nitrogen and oxygen atoms in total. The molecule has 2 aliphatic rings. The second-order valence-electron chi connectivity index (χ2n) is 5.49. The van der Waals surface area contributed by atoms with Crippen LogP contribution in [0, 0.1) is 11.8 Å². The van der Waals surface area contributed by atoms with E-state index in [1.54, 1.807) is 0 Å². The van der Waals surface area contributed by atoms with Gasteiger partial charge in [0.2, 0.25) is 0 Å². The van der Waals surface area contributed by atoms with Gasteiger partial charge in [0.25, 0.3) is 0 Å². The van der Waals surface area contributed by atoms with Gasteiger partial charge in [-0.1, -0.05) is 6.92 Å². The fourth-order valence-electron chi connectivity index (χ4n) is 3.25. The van der Waals surface area contributed by atoms with Gasteiger partial charge >= 0.3 is 0 Å². The minimum atomic E-state index is 0.409. The van der Waals surface area contributed by atoms with Gasteiger partial charge in [0.05, 0.1) is 12.7 Å². The summed E-state index contributed by atoms with van der Waals surface area (Å²) in [5.74, 6) is 1.36. The van der Waals surface area contributed by atoms with Crippen molar-refractivity contribution < 1.29 is 9.47 Å². The highest BCUT2D eigenvalue weighted by atomic mass is 16.5. The van der Waals surface area contributed by atoms with Crippen LogP contribution in [0.4, 0.5) is 0 Å². The number of hydrogen-bond acceptors (Lipinski definition) is 3. The Kier molecular flexibility index (Phi) is 5.26. The number of rotatable bonds is 5. The molecule has 1 N–H and O–H groups in total. The van der Waals surface area contributed by atoms with E-state index in [0.717, 1.165) is 26.4 Å². The largest absolute Gasteiger partial charge is 0.381 e. The highest BCUT2D eigenvalue weighted by molar-refractivity contribution is 4.89. The summed E-state index contributed by atoms with van der Waals surface area (Å²) in [6.07, 6.45) is 5.35. The van der Waals surface area contributed by atoms with Crippen molar-refractivity contribution in [3.8, 4) is 0 Å². The van der Waals surface area contributed by atoms with Gasteiger partial charge in [-0.15, -0.1) is 0 Å². The zero-order valence-electron chi connectivity index (χ0n) is 11.3. The van der Waals surface area contributed by atoms with Crippen LogP contribution in [0.15, 0.2) is 0 Å². The van der Waals surface area contributed by atoms with E-state index in [2.05, 4.69) is 19.2 Å². The Bertz CT molecular complexity index is 216. The third-order valence-corrected chi connectivity index (χ3v) is 4.23. The van der Waals surface area contributed by atoms with Crippen molar-refractivity contribution in [2.24, 2.45) is 11.8 Å². The molecule has 2 fully saturated rings. The van der Waals surface area contributed by atoms with Crippen molar-refractivity contribution in [2.45, 2.75) is 51.7 Å². The molecule has 2 saturated heterocycles. The number of hydrogen-bond donors (Lipinski definition) is 1. The summed E-state index contributed by atoms with van der Waals surface area (Å²) in [4.78, 5) is 0. The molecule has 3 heteroatoms. The van der Waals surface area contributed by atoms with Crippen LogP contribution in [0.3, 0.4) is 0 Å². The van der Waals surface area contributed by atoms with Crippen molar-refractivity contribution in [1.29, 1.82) is 0 Å². The lowest BCUT2D eigenvalue weighted by atomic mass is 9.81. The molecule has 0 amide bonds. The molecule has 100 valence electrons. The Balaban J connectivity index is 1.95. The lowest BCUT2D eigenvalue weighted by Gasteiger charge is -2.36. The van der Waals surface area contributed by atoms with Crippen LogP contribution in [-0.4, -0.2) is 38.5 Å². The van der Waals surface area contributed by atoms with E-state index in [1.165, 1.54) is 25.7 Å². The zero-order chi connectivity index (χ0) is 12.1. The molecular weight excluding hydrogens is 214 g/mol. The highest BCUT2D eigenvalue weighted by Gasteiger charge is 2.36. The highest BCUT2D eigenvalue weighted by Crippen LogP contribution is 2.31. The second kappa shape index (κ2) is 6.72. The zero-order valence-corrected chi connectivity index (χ0v) is 11.3. The SMILES string of the molecule is CCCNC(C1CCCOC1)C1CCOC1C. The lowest BCUT2D eigenvalue weighted by molar-refractivity contribution is 0.0172. The summed E-state index contributed by atoms with van der Waals surface area (Å²) >= 11 is 0. The Labute approximate surface area is 105 Å². The molecule has 4 atom stereocenters. The smallest absolute Gasteiger partial charge is 0.0590 e. The first-order valence-electron chi connectivity index (χ1n) is 7.25. The van der Waals surface area contributed by atoms with Gasteiger partial charge in [-0.2, -0.15) is 0 Å². The molecule has 0 radical (unpaired) electrons. The van der Waals surface area contributed by atoms with Crippen LogP contribution < -0.4 is 5.32 Å². The van der Waals surface area contributed by atoms with E-state index in [-0.39, 0.29) is 0 Å². The van der Waals surface area contributed by atoms with Gasteiger partial charge in [-0.25, -0.2) is 0 Å². The molecular formula is C14H27NO2. The maximum Gasteiger partial charge on any atom is 0.0590 e. The Morgan fingerprint density at radius 1 is 1.29 bits per heavy atom. The van der Waals surface area contributed by atoms with Gasteiger partial charge < -0.3 is 14.8 Å². The molecule has 0 aromatic carbocycles. The topological polar surface area (TPSA) is 30.5 Å². The van der Waals surface area contributed by atoms with E-state index >= 15 is 0 Å². The van der Waals surface area contributed by atoms with Gasteiger partial charge in [0.1, 0.15) is 0 Å². The minimum absolute atomic E-state index is 0.409. The molecule has 0 aromatic rings. The van der Waals surface area contributed by atoms with E-state index in [1.807, 2.05) is 0 Å². The van der Waals surface area contributed by atoms with Crippen molar-refractivity contribution >= 4 is 0 Å². The van der Waals surface area contributed by atoms with Crippen molar-refractivity contribution in [3.05, 3.63) is 0 Å². The molecule has 17 heavy (non-hydrogen) atoms. The van der Waals surface area contributed by atoms with E-state index < -0.39 is 0 Å². The van der Waals surface area contributed by atoms with Gasteiger partial charge in [0, 0.05) is 25.2 Å². The fourth-order valence-corrected chi connectivity index (χ4v) is 3.25. The summed E-state index contributed by atoms with van der Waals surface area (Å²) in [7, 11) is 0. The molecule has 0 spiro atoms. The molecule has 0 saturated carbocycles. The summed E-state index contributed by atoms with van der Waals surface area (Å²) < 4.78 is 11.4. The van der Waals surface area contributed by atoms with Crippen molar-refractivity contribution in [3.63, 3.8) is 0 Å². The average molecular weight is 241 g/mol. The van der Waals surface area contributed by atoms with Crippen LogP contribution in [-0.2, 0) is 9.47 Å². The van der Waals surface area contributed by atoms with Crippen LogP contribution >= 0.6 is 0 Å². The maximum atomic E-state index is 5.74. The second-order valence-corrected chi connectivity index (χ2v) is 5.49. The van der Waals surface area contributed by atoms with E-state index in [0.29, 0.717) is 24.0 Å². The molecule has 2 aliphatic heterocycles. The molecule has 0 bridgehead atoms. The summed E-state index contributed by atoms with van der Waals surface area (Å²) in [5.41, 5.74) is 0. The number of ether oxygens (including phenoxy) is 2. The third-order valence-electron chi connectivity index (χ3n) is 4.23. The third kappa shape index (κ3) is 3.43. The summed E-state index contributed by atoms with van der Waals surface area (Å²) in [6, 6.07) is 0.591. The predicted octanol–water partition coefficient (Wildman–Crippen LogP) is 2.21. The van der Waals surface area contributed by atoms with Gasteiger partial charge in [-0.05, 0) is 45.1 Å². The molecule has 4 unspecified atom stereocenters. The van der Waals surface area contributed by atoms with Crippen molar-refractivity contribution in [1.82, 2.24) is 5.32 Å². The number of nitrogens with one attached hydrogen (secondary N) is 1. The summed E-state index contributed by atoms with van der Waals surface area (Å²) in [5, 5.41) is 3.75. The molecule has 2 heterocycles. The van der Waals surface area contributed by atoms with Crippen LogP contribution in [0.5, 0.6) is 0 Å².